The Labute approximate surface area is 75.7 Å². The fraction of sp³-hybridized carbons (Fsp3) is 0.625. The van der Waals surface area contributed by atoms with Crippen molar-refractivity contribution in [2.45, 2.75) is 20.3 Å². The van der Waals surface area contributed by atoms with E-state index < -0.39 is 0 Å². The normalized spacial score (nSPS) is 12.0. The fourth-order valence-corrected chi connectivity index (χ4v) is 1.39. The first-order valence-corrected chi connectivity index (χ1v) is 4.28. The summed E-state index contributed by atoms with van der Waals surface area (Å²) in [7, 11) is 1.40. The summed E-state index contributed by atoms with van der Waals surface area (Å²) in [6.07, 6.45) is 2.33. The molecule has 0 aromatic heterocycles. The first-order valence-electron chi connectivity index (χ1n) is 3.36. The van der Waals surface area contributed by atoms with Crippen LogP contribution in [-0.2, 0) is 9.53 Å². The molecule has 0 amide bonds. The largest absolute Gasteiger partial charge is 0.469 e. The van der Waals surface area contributed by atoms with E-state index in [1.165, 1.54) is 7.11 Å². The molecule has 11 heavy (non-hydrogen) atoms. The molecule has 64 valence electrons. The van der Waals surface area contributed by atoms with Gasteiger partial charge in [-0.2, -0.15) is 0 Å². The maximum absolute atomic E-state index is 10.8. The Bertz CT molecular complexity index is 161. The molecule has 0 rings (SSSR count). The molecule has 0 bridgehead atoms. The number of methoxy groups -OCH3 is 1. The lowest BCUT2D eigenvalue weighted by molar-refractivity contribution is -0.142. The first kappa shape index (κ1) is 10.7. The standard InChI is InChI=1S/C8H13BrO2/c1-8(2,4-5-9)6-7(10)11-3/h4-5H,6H2,1-3H3. The molecule has 0 N–H and O–H groups in total. The van der Waals surface area contributed by atoms with Gasteiger partial charge in [0.25, 0.3) is 0 Å². The number of allylic oxidation sites excluding steroid dienone is 1. The second-order valence-corrected chi connectivity index (χ2v) is 3.56. The van der Waals surface area contributed by atoms with E-state index in [4.69, 9.17) is 0 Å². The highest BCUT2D eigenvalue weighted by molar-refractivity contribution is 9.11. The minimum atomic E-state index is -0.180. The number of carbonyl (C=O) groups excluding carboxylic acids is 1. The van der Waals surface area contributed by atoms with Crippen molar-refractivity contribution in [3.05, 3.63) is 11.1 Å². The van der Waals surface area contributed by atoms with E-state index >= 15 is 0 Å². The summed E-state index contributed by atoms with van der Waals surface area (Å²) < 4.78 is 4.54. The molecule has 0 radical (unpaired) electrons. The van der Waals surface area contributed by atoms with Gasteiger partial charge in [0.15, 0.2) is 0 Å². The third kappa shape index (κ3) is 5.01. The van der Waals surface area contributed by atoms with E-state index in [-0.39, 0.29) is 11.4 Å². The first-order chi connectivity index (χ1) is 5.02. The van der Waals surface area contributed by atoms with Crippen molar-refractivity contribution in [1.29, 1.82) is 0 Å². The molecule has 0 spiro atoms. The van der Waals surface area contributed by atoms with Crippen LogP contribution in [0.1, 0.15) is 20.3 Å². The summed E-state index contributed by atoms with van der Waals surface area (Å²) in [6.45, 7) is 3.95. The van der Waals surface area contributed by atoms with Crippen LogP contribution in [-0.4, -0.2) is 13.1 Å². The smallest absolute Gasteiger partial charge is 0.306 e. The number of ether oxygens (including phenoxy) is 1. The Morgan fingerprint density at radius 1 is 1.64 bits per heavy atom. The van der Waals surface area contributed by atoms with Crippen molar-refractivity contribution in [1.82, 2.24) is 0 Å². The lowest BCUT2D eigenvalue weighted by Gasteiger charge is -2.17. The van der Waals surface area contributed by atoms with Gasteiger partial charge in [-0.3, -0.25) is 4.79 Å². The van der Waals surface area contributed by atoms with Gasteiger partial charge >= 0.3 is 5.97 Å². The number of hydrogen-bond acceptors (Lipinski definition) is 2. The maximum Gasteiger partial charge on any atom is 0.306 e. The van der Waals surface area contributed by atoms with E-state index in [9.17, 15) is 4.79 Å². The van der Waals surface area contributed by atoms with Crippen LogP contribution in [0.25, 0.3) is 0 Å². The molecule has 0 aliphatic heterocycles. The number of halogens is 1. The number of esters is 1. The molecule has 0 aromatic carbocycles. The Morgan fingerprint density at radius 3 is 2.55 bits per heavy atom. The summed E-state index contributed by atoms with van der Waals surface area (Å²) in [5, 5.41) is 0. The average Bonchev–Trinajstić information content (AvgIpc) is 1.86. The van der Waals surface area contributed by atoms with Crippen LogP contribution in [0.5, 0.6) is 0 Å². The summed E-state index contributed by atoms with van der Waals surface area (Å²) in [5.74, 6) is -0.180. The highest BCUT2D eigenvalue weighted by atomic mass is 79.9. The highest BCUT2D eigenvalue weighted by Gasteiger charge is 2.18. The van der Waals surface area contributed by atoms with Crippen LogP contribution < -0.4 is 0 Å². The van der Waals surface area contributed by atoms with Gasteiger partial charge in [0.2, 0.25) is 0 Å². The SMILES string of the molecule is COC(=O)CC(C)(C)C=CBr. The van der Waals surface area contributed by atoms with Gasteiger partial charge < -0.3 is 4.74 Å². The highest BCUT2D eigenvalue weighted by Crippen LogP contribution is 2.22. The van der Waals surface area contributed by atoms with Crippen LogP contribution in [0.4, 0.5) is 0 Å². The minimum absolute atomic E-state index is 0.128. The molecule has 0 unspecified atom stereocenters. The molecule has 0 atom stereocenters. The molecule has 0 fully saturated rings. The van der Waals surface area contributed by atoms with Gasteiger partial charge in [0, 0.05) is 0 Å². The minimum Gasteiger partial charge on any atom is -0.469 e. The molecule has 0 heterocycles. The van der Waals surface area contributed by atoms with Crippen LogP contribution in [0.2, 0.25) is 0 Å². The Kier molecular flexibility index (Phi) is 4.42. The van der Waals surface area contributed by atoms with Gasteiger partial charge in [-0.15, -0.1) is 0 Å². The molecule has 0 aromatic rings. The third-order valence-electron chi connectivity index (χ3n) is 1.34. The summed E-state index contributed by atoms with van der Waals surface area (Å²) in [6, 6.07) is 0. The molecule has 0 saturated heterocycles. The van der Waals surface area contributed by atoms with Crippen molar-refractivity contribution in [2.24, 2.45) is 5.41 Å². The Morgan fingerprint density at radius 2 is 2.18 bits per heavy atom. The van der Waals surface area contributed by atoms with Crippen molar-refractivity contribution in [2.75, 3.05) is 7.11 Å². The molecule has 0 aliphatic carbocycles. The fourth-order valence-electron chi connectivity index (χ4n) is 0.674. The second kappa shape index (κ2) is 4.54. The van der Waals surface area contributed by atoms with Gasteiger partial charge in [0.05, 0.1) is 13.5 Å². The molecule has 0 aliphatic rings. The zero-order valence-electron chi connectivity index (χ0n) is 7.06. The Hall–Kier alpha value is -0.310. The van der Waals surface area contributed by atoms with Gasteiger partial charge in [-0.1, -0.05) is 35.9 Å². The van der Waals surface area contributed by atoms with Crippen LogP contribution in [0, 0.1) is 5.41 Å². The van der Waals surface area contributed by atoms with Gasteiger partial charge in [0.1, 0.15) is 0 Å². The molecular formula is C8H13BrO2. The van der Waals surface area contributed by atoms with Gasteiger partial charge in [-0.25, -0.2) is 0 Å². The van der Waals surface area contributed by atoms with Crippen LogP contribution >= 0.6 is 15.9 Å². The lowest BCUT2D eigenvalue weighted by Crippen LogP contribution is -2.15. The maximum atomic E-state index is 10.8. The van der Waals surface area contributed by atoms with E-state index in [1.807, 2.05) is 19.9 Å². The summed E-state index contributed by atoms with van der Waals surface area (Å²) >= 11 is 3.16. The van der Waals surface area contributed by atoms with Crippen molar-refractivity contribution >= 4 is 21.9 Å². The zero-order chi connectivity index (χ0) is 8.91. The van der Waals surface area contributed by atoms with E-state index in [0.29, 0.717) is 6.42 Å². The number of hydrogen-bond donors (Lipinski definition) is 0. The number of rotatable bonds is 3. The van der Waals surface area contributed by atoms with Crippen molar-refractivity contribution in [3.8, 4) is 0 Å². The zero-order valence-corrected chi connectivity index (χ0v) is 8.64. The summed E-state index contributed by atoms with van der Waals surface area (Å²) in [4.78, 5) is 12.6. The topological polar surface area (TPSA) is 26.3 Å². The Balaban J connectivity index is 4.01. The molecule has 3 heteroatoms. The van der Waals surface area contributed by atoms with Crippen molar-refractivity contribution < 1.29 is 9.53 Å². The van der Waals surface area contributed by atoms with Crippen LogP contribution in [0.15, 0.2) is 11.1 Å². The van der Waals surface area contributed by atoms with E-state index in [1.54, 1.807) is 4.99 Å². The van der Waals surface area contributed by atoms with Crippen molar-refractivity contribution in [3.63, 3.8) is 0 Å². The number of carbonyl (C=O) groups is 1. The lowest BCUT2D eigenvalue weighted by atomic mass is 9.90. The summed E-state index contributed by atoms with van der Waals surface area (Å²) in [5.41, 5.74) is -0.128. The predicted molar refractivity (Wildman–Crippen MR) is 48.5 cm³/mol. The van der Waals surface area contributed by atoms with Gasteiger partial charge in [-0.05, 0) is 10.4 Å². The third-order valence-corrected chi connectivity index (χ3v) is 1.61. The molecule has 0 saturated carbocycles. The van der Waals surface area contributed by atoms with E-state index in [2.05, 4.69) is 20.7 Å². The predicted octanol–water partition coefficient (Wildman–Crippen LogP) is 2.48. The molecule has 2 nitrogen and oxygen atoms in total. The second-order valence-electron chi connectivity index (χ2n) is 3.03. The quantitative estimate of drug-likeness (QED) is 0.684. The van der Waals surface area contributed by atoms with Crippen LogP contribution in [0.3, 0.4) is 0 Å². The monoisotopic (exact) mass is 220 g/mol. The van der Waals surface area contributed by atoms with E-state index in [0.717, 1.165) is 0 Å². The average molecular weight is 221 g/mol. The molecular weight excluding hydrogens is 208 g/mol.